The van der Waals surface area contributed by atoms with E-state index in [1.165, 1.54) is 128 Å². The predicted octanol–water partition coefficient (Wildman–Crippen LogP) is 14.4. The molecular formula is C47H90O6. The number of hydrogen-bond acceptors (Lipinski definition) is 6. The lowest BCUT2D eigenvalue weighted by Crippen LogP contribution is -2.30. The molecule has 0 aliphatic carbocycles. The van der Waals surface area contributed by atoms with Gasteiger partial charge in [-0.25, -0.2) is 0 Å². The Morgan fingerprint density at radius 1 is 0.377 bits per heavy atom. The SMILES string of the molecule is CCC(C)CCCCCCCCC(=O)OC[C@@H](COC(=O)CCCCCCCCCCCCCCC(C)C)OC(=O)CCCCCCCCCC(C)C. The molecule has 0 aliphatic heterocycles. The van der Waals surface area contributed by atoms with Gasteiger partial charge < -0.3 is 14.2 Å². The van der Waals surface area contributed by atoms with Crippen LogP contribution >= 0.6 is 0 Å². The third kappa shape index (κ3) is 39.9. The number of ether oxygens (including phenoxy) is 3. The van der Waals surface area contributed by atoms with Crippen molar-refractivity contribution in [3.63, 3.8) is 0 Å². The third-order valence-corrected chi connectivity index (χ3v) is 10.8. The first-order valence-corrected chi connectivity index (χ1v) is 23.1. The maximum absolute atomic E-state index is 12.7. The van der Waals surface area contributed by atoms with Gasteiger partial charge in [0.25, 0.3) is 0 Å². The van der Waals surface area contributed by atoms with Crippen LogP contribution < -0.4 is 0 Å². The molecule has 0 saturated carbocycles. The van der Waals surface area contributed by atoms with E-state index >= 15 is 0 Å². The molecule has 0 aromatic rings. The summed E-state index contributed by atoms with van der Waals surface area (Å²) in [6, 6.07) is 0. The van der Waals surface area contributed by atoms with Crippen molar-refractivity contribution >= 4 is 17.9 Å². The Morgan fingerprint density at radius 2 is 0.660 bits per heavy atom. The Labute approximate surface area is 329 Å². The molecule has 0 radical (unpaired) electrons. The molecule has 0 fully saturated rings. The lowest BCUT2D eigenvalue weighted by Gasteiger charge is -2.18. The molecule has 0 heterocycles. The molecule has 6 nitrogen and oxygen atoms in total. The van der Waals surface area contributed by atoms with Gasteiger partial charge in [-0.05, 0) is 37.0 Å². The third-order valence-electron chi connectivity index (χ3n) is 10.8. The van der Waals surface area contributed by atoms with Crippen LogP contribution in [0.4, 0.5) is 0 Å². The largest absolute Gasteiger partial charge is 0.462 e. The Balaban J connectivity index is 4.31. The first-order valence-electron chi connectivity index (χ1n) is 23.1. The van der Waals surface area contributed by atoms with Crippen molar-refractivity contribution in [2.45, 2.75) is 253 Å². The fourth-order valence-corrected chi connectivity index (χ4v) is 6.85. The van der Waals surface area contributed by atoms with Crippen LogP contribution in [0.3, 0.4) is 0 Å². The first-order chi connectivity index (χ1) is 25.6. The molecule has 0 spiro atoms. The van der Waals surface area contributed by atoms with Crippen molar-refractivity contribution in [1.82, 2.24) is 0 Å². The van der Waals surface area contributed by atoms with Crippen LogP contribution in [0.15, 0.2) is 0 Å². The summed E-state index contributed by atoms with van der Waals surface area (Å²) >= 11 is 0. The van der Waals surface area contributed by atoms with Crippen LogP contribution in [-0.4, -0.2) is 37.2 Å². The molecule has 0 bridgehead atoms. The molecular weight excluding hydrogens is 661 g/mol. The van der Waals surface area contributed by atoms with Crippen molar-refractivity contribution in [2.75, 3.05) is 13.2 Å². The minimum absolute atomic E-state index is 0.0669. The van der Waals surface area contributed by atoms with Crippen molar-refractivity contribution < 1.29 is 28.6 Å². The van der Waals surface area contributed by atoms with Gasteiger partial charge in [0.2, 0.25) is 0 Å². The molecule has 6 heteroatoms. The fraction of sp³-hybridized carbons (Fsp3) is 0.936. The second kappa shape index (κ2) is 38.7. The number of hydrogen-bond donors (Lipinski definition) is 0. The average molecular weight is 751 g/mol. The Kier molecular flexibility index (Phi) is 37.5. The van der Waals surface area contributed by atoms with E-state index in [0.717, 1.165) is 75.5 Å². The lowest BCUT2D eigenvalue weighted by molar-refractivity contribution is -0.167. The summed E-state index contributed by atoms with van der Waals surface area (Å²) < 4.78 is 16.7. The number of esters is 3. The highest BCUT2D eigenvalue weighted by Gasteiger charge is 2.19. The highest BCUT2D eigenvalue weighted by Crippen LogP contribution is 2.17. The molecule has 53 heavy (non-hydrogen) atoms. The van der Waals surface area contributed by atoms with Gasteiger partial charge >= 0.3 is 17.9 Å². The van der Waals surface area contributed by atoms with Gasteiger partial charge in [0.1, 0.15) is 13.2 Å². The summed E-state index contributed by atoms with van der Waals surface area (Å²) in [5, 5.41) is 0. The number of carbonyl (C=O) groups is 3. The summed E-state index contributed by atoms with van der Waals surface area (Å²) in [4.78, 5) is 37.7. The standard InChI is InChI=1S/C47H90O6/c1-7-43(6)35-29-23-19-20-25-31-37-46(49)52-40-44(53-47(50)38-32-26-18-14-16-22-28-34-42(4)5)39-51-45(48)36-30-24-17-13-11-9-8-10-12-15-21-27-33-41(2)3/h41-44H,7-40H2,1-6H3/t43?,44-/m1/s1. The molecule has 0 N–H and O–H groups in total. The van der Waals surface area contributed by atoms with Crippen LogP contribution in [0.5, 0.6) is 0 Å². The number of carbonyl (C=O) groups excluding carboxylic acids is 3. The van der Waals surface area contributed by atoms with Gasteiger partial charge in [0.15, 0.2) is 6.10 Å². The molecule has 2 atom stereocenters. The quantitative estimate of drug-likeness (QED) is 0.0352. The zero-order chi connectivity index (χ0) is 39.2. The van der Waals surface area contributed by atoms with Gasteiger partial charge in [0.05, 0.1) is 0 Å². The summed E-state index contributed by atoms with van der Waals surface area (Å²) in [6.07, 6.45) is 35.3. The predicted molar refractivity (Wildman–Crippen MR) is 224 cm³/mol. The molecule has 0 rings (SSSR count). The van der Waals surface area contributed by atoms with E-state index in [4.69, 9.17) is 14.2 Å². The van der Waals surface area contributed by atoms with E-state index in [1.807, 2.05) is 0 Å². The average Bonchev–Trinajstić information content (AvgIpc) is 3.12. The van der Waals surface area contributed by atoms with Crippen molar-refractivity contribution in [3.05, 3.63) is 0 Å². The van der Waals surface area contributed by atoms with Crippen molar-refractivity contribution in [3.8, 4) is 0 Å². The zero-order valence-corrected chi connectivity index (χ0v) is 36.3. The molecule has 0 aliphatic rings. The number of rotatable bonds is 40. The van der Waals surface area contributed by atoms with E-state index in [-0.39, 0.29) is 31.1 Å². The van der Waals surface area contributed by atoms with Gasteiger partial charge in [0, 0.05) is 19.3 Å². The van der Waals surface area contributed by atoms with Gasteiger partial charge in [-0.15, -0.1) is 0 Å². The van der Waals surface area contributed by atoms with Crippen LogP contribution in [-0.2, 0) is 28.6 Å². The van der Waals surface area contributed by atoms with Crippen molar-refractivity contribution in [1.29, 1.82) is 0 Å². The number of unbranched alkanes of at least 4 members (excludes halogenated alkanes) is 22. The van der Waals surface area contributed by atoms with Crippen molar-refractivity contribution in [2.24, 2.45) is 17.8 Å². The van der Waals surface area contributed by atoms with Gasteiger partial charge in [-0.3, -0.25) is 14.4 Å². The second-order valence-corrected chi connectivity index (χ2v) is 17.2. The summed E-state index contributed by atoms with van der Waals surface area (Å²) in [5.74, 6) is 1.56. The van der Waals surface area contributed by atoms with Crippen LogP contribution in [0.25, 0.3) is 0 Å². The minimum atomic E-state index is -0.762. The fourth-order valence-electron chi connectivity index (χ4n) is 6.85. The minimum Gasteiger partial charge on any atom is -0.462 e. The van der Waals surface area contributed by atoms with Crippen LogP contribution in [0.1, 0.15) is 247 Å². The summed E-state index contributed by atoms with van der Waals surface area (Å²) in [5.41, 5.74) is 0. The highest BCUT2D eigenvalue weighted by atomic mass is 16.6. The van der Waals surface area contributed by atoms with Crippen LogP contribution in [0.2, 0.25) is 0 Å². The van der Waals surface area contributed by atoms with E-state index in [9.17, 15) is 14.4 Å². The van der Waals surface area contributed by atoms with Gasteiger partial charge in [-0.1, -0.05) is 208 Å². The molecule has 314 valence electrons. The van der Waals surface area contributed by atoms with E-state index < -0.39 is 6.10 Å². The van der Waals surface area contributed by atoms with E-state index in [0.29, 0.717) is 19.3 Å². The van der Waals surface area contributed by atoms with E-state index in [1.54, 1.807) is 0 Å². The smallest absolute Gasteiger partial charge is 0.306 e. The lowest BCUT2D eigenvalue weighted by atomic mass is 10.00. The Bertz CT molecular complexity index is 824. The van der Waals surface area contributed by atoms with E-state index in [2.05, 4.69) is 41.5 Å². The monoisotopic (exact) mass is 751 g/mol. The zero-order valence-electron chi connectivity index (χ0n) is 36.3. The van der Waals surface area contributed by atoms with Crippen LogP contribution in [0, 0.1) is 17.8 Å². The highest BCUT2D eigenvalue weighted by molar-refractivity contribution is 5.71. The first kappa shape index (κ1) is 51.4. The molecule has 0 saturated heterocycles. The maximum atomic E-state index is 12.7. The summed E-state index contributed by atoms with van der Waals surface area (Å²) in [7, 11) is 0. The molecule has 1 unspecified atom stereocenters. The normalized spacial score (nSPS) is 12.7. The second-order valence-electron chi connectivity index (χ2n) is 17.2. The molecule has 0 amide bonds. The van der Waals surface area contributed by atoms with Gasteiger partial charge in [-0.2, -0.15) is 0 Å². The Morgan fingerprint density at radius 3 is 0.981 bits per heavy atom. The topological polar surface area (TPSA) is 78.9 Å². The molecule has 0 aromatic heterocycles. The summed E-state index contributed by atoms with van der Waals surface area (Å²) in [6.45, 7) is 13.6. The molecule has 0 aromatic carbocycles. The maximum Gasteiger partial charge on any atom is 0.306 e. The Hall–Kier alpha value is -1.59.